The minimum absolute atomic E-state index is 0.0258. The maximum atomic E-state index is 12.1. The lowest BCUT2D eigenvalue weighted by molar-refractivity contribution is 0.233. The van der Waals surface area contributed by atoms with Crippen molar-refractivity contribution in [2.24, 2.45) is 0 Å². The van der Waals surface area contributed by atoms with Gasteiger partial charge in [-0.2, -0.15) is 11.8 Å². The Hall–Kier alpha value is -1.20. The molecule has 3 N–H and O–H groups in total. The van der Waals surface area contributed by atoms with Crippen molar-refractivity contribution >= 4 is 17.8 Å². The summed E-state index contributed by atoms with van der Waals surface area (Å²) < 4.78 is 0. The summed E-state index contributed by atoms with van der Waals surface area (Å²) in [7, 11) is 0. The second-order valence-corrected chi connectivity index (χ2v) is 7.21. The number of carbonyl (C=O) groups excluding carboxylic acids is 1. The van der Waals surface area contributed by atoms with Gasteiger partial charge in [-0.05, 0) is 29.7 Å². The average Bonchev–Trinajstić information content (AvgIpc) is 2.55. The molecule has 122 valence electrons. The van der Waals surface area contributed by atoms with Gasteiger partial charge in [0.25, 0.3) is 0 Å². The van der Waals surface area contributed by atoms with Gasteiger partial charge in [0, 0.05) is 17.8 Å². The first-order chi connectivity index (χ1) is 10.7. The topological polar surface area (TPSA) is 61.4 Å². The number of benzene rings is 1. The Bertz CT molecular complexity index is 479. The number of hydrogen-bond donors (Lipinski definition) is 3. The zero-order valence-corrected chi connectivity index (χ0v) is 14.0. The van der Waals surface area contributed by atoms with Gasteiger partial charge in [0.15, 0.2) is 0 Å². The maximum absolute atomic E-state index is 12.1. The molecule has 1 aliphatic rings. The number of urea groups is 1. The Kier molecular flexibility index (Phi) is 7.06. The highest BCUT2D eigenvalue weighted by atomic mass is 32.2. The molecule has 0 heterocycles. The van der Waals surface area contributed by atoms with E-state index in [1.54, 1.807) is 0 Å². The molecule has 1 fully saturated rings. The van der Waals surface area contributed by atoms with E-state index in [1.807, 2.05) is 36.0 Å². The first kappa shape index (κ1) is 17.2. The average molecular weight is 322 g/mol. The number of carbonyl (C=O) groups is 1. The van der Waals surface area contributed by atoms with Crippen LogP contribution in [0.25, 0.3) is 0 Å². The number of nitrogens with one attached hydrogen (secondary N) is 2. The highest BCUT2D eigenvalue weighted by Crippen LogP contribution is 2.28. The van der Waals surface area contributed by atoms with Crippen molar-refractivity contribution in [1.82, 2.24) is 10.6 Å². The van der Waals surface area contributed by atoms with Crippen LogP contribution in [-0.2, 0) is 13.2 Å². The van der Waals surface area contributed by atoms with Crippen LogP contribution in [0.2, 0.25) is 0 Å². The van der Waals surface area contributed by atoms with Gasteiger partial charge in [-0.1, -0.05) is 44.0 Å². The fourth-order valence-electron chi connectivity index (χ4n) is 2.92. The van der Waals surface area contributed by atoms with Crippen LogP contribution in [0.4, 0.5) is 4.79 Å². The molecule has 0 radical (unpaired) electrons. The zero-order chi connectivity index (χ0) is 15.8. The molecule has 1 aromatic carbocycles. The third kappa shape index (κ3) is 5.21. The highest BCUT2D eigenvalue weighted by molar-refractivity contribution is 7.99. The van der Waals surface area contributed by atoms with Gasteiger partial charge in [0.2, 0.25) is 0 Å². The summed E-state index contributed by atoms with van der Waals surface area (Å²) in [4.78, 5) is 12.1. The van der Waals surface area contributed by atoms with Crippen LogP contribution in [-0.4, -0.2) is 28.2 Å². The third-order valence-corrected chi connectivity index (χ3v) is 5.35. The van der Waals surface area contributed by atoms with Crippen molar-refractivity contribution in [3.05, 3.63) is 35.4 Å². The zero-order valence-electron chi connectivity index (χ0n) is 13.2. The van der Waals surface area contributed by atoms with Crippen LogP contribution in [0.15, 0.2) is 24.3 Å². The standard InChI is InChI=1S/C17H26N2O2S/c1-2-22-16-9-4-3-8-15(16)19-17(21)18-11-13-6-5-7-14(10-13)12-20/h5-7,10,15-16,20H,2-4,8-9,11-12H2,1H3,(H2,18,19,21)/t15-,16+/m1/s1. The molecular weight excluding hydrogens is 296 g/mol. The van der Waals surface area contributed by atoms with E-state index in [-0.39, 0.29) is 18.7 Å². The van der Waals surface area contributed by atoms with E-state index in [4.69, 9.17) is 5.11 Å². The van der Waals surface area contributed by atoms with Crippen molar-refractivity contribution in [2.75, 3.05) is 5.75 Å². The molecule has 2 atom stereocenters. The molecule has 0 spiro atoms. The second-order valence-electron chi connectivity index (χ2n) is 5.69. The molecule has 0 unspecified atom stereocenters. The molecule has 1 aromatic rings. The van der Waals surface area contributed by atoms with E-state index >= 15 is 0 Å². The summed E-state index contributed by atoms with van der Waals surface area (Å²) in [6.45, 7) is 2.68. The number of aliphatic hydroxyl groups is 1. The van der Waals surface area contributed by atoms with Crippen LogP contribution in [0.5, 0.6) is 0 Å². The summed E-state index contributed by atoms with van der Waals surface area (Å²) in [6, 6.07) is 7.82. The Balaban J connectivity index is 1.81. The van der Waals surface area contributed by atoms with Crippen LogP contribution in [0.3, 0.4) is 0 Å². The highest BCUT2D eigenvalue weighted by Gasteiger charge is 2.26. The quantitative estimate of drug-likeness (QED) is 0.754. The van der Waals surface area contributed by atoms with Gasteiger partial charge in [0.05, 0.1) is 6.61 Å². The largest absolute Gasteiger partial charge is 0.392 e. The van der Waals surface area contributed by atoms with E-state index < -0.39 is 0 Å². The molecule has 2 rings (SSSR count). The van der Waals surface area contributed by atoms with Gasteiger partial charge in [-0.25, -0.2) is 4.79 Å². The van der Waals surface area contributed by atoms with Gasteiger partial charge < -0.3 is 15.7 Å². The van der Waals surface area contributed by atoms with Gasteiger partial charge in [0.1, 0.15) is 0 Å². The van der Waals surface area contributed by atoms with Gasteiger partial charge >= 0.3 is 6.03 Å². The van der Waals surface area contributed by atoms with Crippen LogP contribution in [0.1, 0.15) is 43.7 Å². The SMILES string of the molecule is CCS[C@H]1CCCC[C@H]1NC(=O)NCc1cccc(CO)c1. The van der Waals surface area contributed by atoms with Crippen molar-refractivity contribution in [3.63, 3.8) is 0 Å². The minimum atomic E-state index is -0.0944. The fourth-order valence-corrected chi connectivity index (χ4v) is 4.11. The Labute approximate surface area is 137 Å². The Morgan fingerprint density at radius 2 is 2.09 bits per heavy atom. The van der Waals surface area contributed by atoms with Crippen molar-refractivity contribution < 1.29 is 9.90 Å². The molecule has 1 saturated carbocycles. The lowest BCUT2D eigenvalue weighted by Crippen LogP contribution is -2.47. The molecule has 0 saturated heterocycles. The fraction of sp³-hybridized carbons (Fsp3) is 0.588. The molecule has 4 nitrogen and oxygen atoms in total. The van der Waals surface area contributed by atoms with Crippen molar-refractivity contribution in [1.29, 1.82) is 0 Å². The summed E-state index contributed by atoms with van der Waals surface area (Å²) in [6.07, 6.45) is 4.74. The smallest absolute Gasteiger partial charge is 0.315 e. The summed E-state index contributed by atoms with van der Waals surface area (Å²) in [5.74, 6) is 1.10. The Morgan fingerprint density at radius 1 is 1.32 bits per heavy atom. The molecule has 0 aliphatic heterocycles. The predicted molar refractivity (Wildman–Crippen MR) is 91.9 cm³/mol. The van der Waals surface area contributed by atoms with Gasteiger partial charge in [-0.15, -0.1) is 0 Å². The summed E-state index contributed by atoms with van der Waals surface area (Å²) in [5, 5.41) is 15.7. The van der Waals surface area contributed by atoms with E-state index in [2.05, 4.69) is 17.6 Å². The van der Waals surface area contributed by atoms with Crippen LogP contribution < -0.4 is 10.6 Å². The first-order valence-electron chi connectivity index (χ1n) is 8.07. The van der Waals surface area contributed by atoms with E-state index in [9.17, 15) is 4.79 Å². The maximum Gasteiger partial charge on any atom is 0.315 e. The lowest BCUT2D eigenvalue weighted by Gasteiger charge is -2.31. The number of amides is 2. The molecule has 0 aromatic heterocycles. The summed E-state index contributed by atoms with van der Waals surface area (Å²) >= 11 is 1.95. The lowest BCUT2D eigenvalue weighted by atomic mass is 9.95. The van der Waals surface area contributed by atoms with Crippen LogP contribution in [0, 0.1) is 0 Å². The molecule has 22 heavy (non-hydrogen) atoms. The number of aliphatic hydroxyl groups excluding tert-OH is 1. The van der Waals surface area contributed by atoms with E-state index in [1.165, 1.54) is 19.3 Å². The molecule has 2 amide bonds. The molecular formula is C17H26N2O2S. The molecule has 0 bridgehead atoms. The Morgan fingerprint density at radius 3 is 2.86 bits per heavy atom. The minimum Gasteiger partial charge on any atom is -0.392 e. The van der Waals surface area contributed by atoms with Gasteiger partial charge in [-0.3, -0.25) is 0 Å². The van der Waals surface area contributed by atoms with Crippen LogP contribution >= 0.6 is 11.8 Å². The number of thioether (sulfide) groups is 1. The van der Waals surface area contributed by atoms with E-state index in [0.717, 1.165) is 23.3 Å². The van der Waals surface area contributed by atoms with E-state index in [0.29, 0.717) is 11.8 Å². The summed E-state index contributed by atoms with van der Waals surface area (Å²) in [5.41, 5.74) is 1.87. The molecule has 1 aliphatic carbocycles. The number of rotatable bonds is 6. The predicted octanol–water partition coefficient (Wildman–Crippen LogP) is 3.04. The monoisotopic (exact) mass is 322 g/mol. The normalized spacial score (nSPS) is 21.4. The second kappa shape index (κ2) is 9.06. The third-order valence-electron chi connectivity index (χ3n) is 4.03. The molecule has 5 heteroatoms. The van der Waals surface area contributed by atoms with Crippen molar-refractivity contribution in [3.8, 4) is 0 Å². The van der Waals surface area contributed by atoms with Crippen molar-refractivity contribution in [2.45, 2.75) is 57.1 Å². The number of hydrogen-bond acceptors (Lipinski definition) is 3. The first-order valence-corrected chi connectivity index (χ1v) is 9.12.